The minimum Gasteiger partial charge on any atom is -0.398 e. The zero-order valence-corrected chi connectivity index (χ0v) is 6.45. The maximum absolute atomic E-state index is 12.6. The summed E-state index contributed by atoms with van der Waals surface area (Å²) in [4.78, 5) is 0.624. The van der Waals surface area contributed by atoms with E-state index < -0.39 is 0 Å². The number of nitrogens with two attached hydrogens (primary N) is 1. The molecule has 0 fully saturated rings. The van der Waals surface area contributed by atoms with E-state index in [9.17, 15) is 4.39 Å². The third-order valence-electron chi connectivity index (χ3n) is 1.31. The Morgan fingerprint density at radius 3 is 2.60 bits per heavy atom. The van der Waals surface area contributed by atoms with Crippen LogP contribution in [0.5, 0.6) is 0 Å². The molecule has 0 saturated heterocycles. The van der Waals surface area contributed by atoms with Gasteiger partial charge < -0.3 is 5.73 Å². The summed E-state index contributed by atoms with van der Waals surface area (Å²) in [7, 11) is 0. The van der Waals surface area contributed by atoms with Crippen molar-refractivity contribution in [1.29, 1.82) is 0 Å². The van der Waals surface area contributed by atoms with Crippen LogP contribution in [0.25, 0.3) is 0 Å². The van der Waals surface area contributed by atoms with Gasteiger partial charge in [0.1, 0.15) is 5.82 Å². The molecular formula is C7H8FNS. The molecule has 0 radical (unpaired) electrons. The molecule has 54 valence electrons. The van der Waals surface area contributed by atoms with Crippen LogP contribution >= 0.6 is 12.6 Å². The molecule has 0 bridgehead atoms. The van der Waals surface area contributed by atoms with E-state index in [1.165, 1.54) is 6.07 Å². The number of halogens is 1. The molecule has 0 saturated carbocycles. The predicted octanol–water partition coefficient (Wildman–Crippen LogP) is 2.01. The van der Waals surface area contributed by atoms with Crippen LogP contribution in [0.1, 0.15) is 5.56 Å². The van der Waals surface area contributed by atoms with Gasteiger partial charge in [-0.05, 0) is 24.6 Å². The highest BCUT2D eigenvalue weighted by Gasteiger charge is 1.99. The number of hydrogen-bond acceptors (Lipinski definition) is 2. The topological polar surface area (TPSA) is 26.0 Å². The molecule has 0 aliphatic heterocycles. The Kier molecular flexibility index (Phi) is 1.85. The molecule has 1 aromatic rings. The second-order valence-electron chi connectivity index (χ2n) is 2.16. The summed E-state index contributed by atoms with van der Waals surface area (Å²) < 4.78 is 12.6. The third kappa shape index (κ3) is 1.24. The minimum atomic E-state index is -0.282. The van der Waals surface area contributed by atoms with Crippen molar-refractivity contribution < 1.29 is 4.39 Å². The molecule has 0 heterocycles. The van der Waals surface area contributed by atoms with Gasteiger partial charge in [0.25, 0.3) is 0 Å². The van der Waals surface area contributed by atoms with Gasteiger partial charge >= 0.3 is 0 Å². The Morgan fingerprint density at radius 1 is 1.50 bits per heavy atom. The van der Waals surface area contributed by atoms with Crippen molar-refractivity contribution in [3.05, 3.63) is 23.5 Å². The number of aryl methyl sites for hydroxylation is 1. The maximum atomic E-state index is 12.6. The van der Waals surface area contributed by atoms with Crippen LogP contribution in [0.4, 0.5) is 10.1 Å². The van der Waals surface area contributed by atoms with E-state index >= 15 is 0 Å². The molecule has 0 aliphatic rings. The van der Waals surface area contributed by atoms with Crippen molar-refractivity contribution in [3.8, 4) is 0 Å². The smallest absolute Gasteiger partial charge is 0.128 e. The second-order valence-corrected chi connectivity index (χ2v) is 2.64. The summed E-state index contributed by atoms with van der Waals surface area (Å²) in [5, 5.41) is 0. The number of hydrogen-bond donors (Lipinski definition) is 2. The highest BCUT2D eigenvalue weighted by atomic mass is 32.1. The van der Waals surface area contributed by atoms with Crippen LogP contribution in [-0.4, -0.2) is 0 Å². The van der Waals surface area contributed by atoms with E-state index in [2.05, 4.69) is 12.6 Å². The van der Waals surface area contributed by atoms with Crippen molar-refractivity contribution in [2.75, 3.05) is 5.73 Å². The van der Waals surface area contributed by atoms with E-state index in [1.807, 2.05) is 0 Å². The number of nitrogen functional groups attached to an aromatic ring is 1. The van der Waals surface area contributed by atoms with Gasteiger partial charge in [-0.3, -0.25) is 0 Å². The largest absolute Gasteiger partial charge is 0.398 e. The summed E-state index contributed by atoms with van der Waals surface area (Å²) in [5.41, 5.74) is 6.32. The molecule has 0 spiro atoms. The van der Waals surface area contributed by atoms with E-state index in [0.29, 0.717) is 16.1 Å². The number of rotatable bonds is 0. The summed E-state index contributed by atoms with van der Waals surface area (Å²) in [6.45, 7) is 1.68. The minimum absolute atomic E-state index is 0.282. The fourth-order valence-electron chi connectivity index (χ4n) is 0.682. The Labute approximate surface area is 64.5 Å². The van der Waals surface area contributed by atoms with Gasteiger partial charge in [0.2, 0.25) is 0 Å². The van der Waals surface area contributed by atoms with Crippen molar-refractivity contribution >= 4 is 18.3 Å². The van der Waals surface area contributed by atoms with Gasteiger partial charge in [-0.1, -0.05) is 0 Å². The molecule has 1 rings (SSSR count). The molecule has 1 aromatic carbocycles. The lowest BCUT2D eigenvalue weighted by molar-refractivity contribution is 0.618. The third-order valence-corrected chi connectivity index (χ3v) is 1.70. The monoisotopic (exact) mass is 157 g/mol. The van der Waals surface area contributed by atoms with Gasteiger partial charge in [0.15, 0.2) is 0 Å². The van der Waals surface area contributed by atoms with E-state index in [4.69, 9.17) is 5.73 Å². The lowest BCUT2D eigenvalue weighted by Crippen LogP contribution is -1.90. The Hall–Kier alpha value is -0.700. The Bertz CT molecular complexity index is 210. The first-order chi connectivity index (χ1) is 4.61. The first-order valence-corrected chi connectivity index (χ1v) is 3.30. The molecule has 0 amide bonds. The summed E-state index contributed by atoms with van der Waals surface area (Å²) in [6, 6.07) is 2.88. The second kappa shape index (κ2) is 2.50. The highest BCUT2D eigenvalue weighted by molar-refractivity contribution is 7.80. The van der Waals surface area contributed by atoms with E-state index in [-0.39, 0.29) is 5.82 Å². The maximum Gasteiger partial charge on any atom is 0.128 e. The van der Waals surface area contributed by atoms with Gasteiger partial charge in [-0.2, -0.15) is 0 Å². The molecule has 0 atom stereocenters. The SMILES string of the molecule is Cc1cc(S)c(N)cc1F. The van der Waals surface area contributed by atoms with Crippen LogP contribution in [0.2, 0.25) is 0 Å². The average molecular weight is 157 g/mol. The molecule has 10 heavy (non-hydrogen) atoms. The average Bonchev–Trinajstić information content (AvgIpc) is 1.84. The molecule has 0 aliphatic carbocycles. The van der Waals surface area contributed by atoms with Gasteiger partial charge in [-0.25, -0.2) is 4.39 Å². The molecule has 0 unspecified atom stereocenters. The van der Waals surface area contributed by atoms with Gasteiger partial charge in [0, 0.05) is 10.6 Å². The predicted molar refractivity (Wildman–Crippen MR) is 42.8 cm³/mol. The van der Waals surface area contributed by atoms with Crippen LogP contribution in [0.3, 0.4) is 0 Å². The number of benzene rings is 1. The molecule has 3 heteroatoms. The molecule has 2 N–H and O–H groups in total. The van der Waals surface area contributed by atoms with Gasteiger partial charge in [0.05, 0.1) is 0 Å². The Morgan fingerprint density at radius 2 is 2.10 bits per heavy atom. The molecular weight excluding hydrogens is 149 g/mol. The van der Waals surface area contributed by atoms with Crippen molar-refractivity contribution in [1.82, 2.24) is 0 Å². The van der Waals surface area contributed by atoms with Crippen molar-refractivity contribution in [2.45, 2.75) is 11.8 Å². The molecule has 1 nitrogen and oxygen atoms in total. The first kappa shape index (κ1) is 7.41. The van der Waals surface area contributed by atoms with Crippen LogP contribution in [0.15, 0.2) is 17.0 Å². The standard InChI is InChI=1S/C7H8FNS/c1-4-2-7(10)6(9)3-5(4)8/h2-3,10H,9H2,1H3. The quantitative estimate of drug-likeness (QED) is 0.437. The number of anilines is 1. The zero-order chi connectivity index (χ0) is 7.72. The van der Waals surface area contributed by atoms with Gasteiger partial charge in [-0.15, -0.1) is 12.6 Å². The van der Waals surface area contributed by atoms with E-state index in [1.54, 1.807) is 13.0 Å². The fourth-order valence-corrected chi connectivity index (χ4v) is 0.940. The fraction of sp³-hybridized carbons (Fsp3) is 0.143. The lowest BCUT2D eigenvalue weighted by Gasteiger charge is -2.00. The van der Waals surface area contributed by atoms with Crippen LogP contribution in [-0.2, 0) is 0 Å². The normalized spacial score (nSPS) is 9.90. The number of thiol groups is 1. The lowest BCUT2D eigenvalue weighted by atomic mass is 10.2. The first-order valence-electron chi connectivity index (χ1n) is 2.86. The van der Waals surface area contributed by atoms with Crippen molar-refractivity contribution in [3.63, 3.8) is 0 Å². The summed E-state index contributed by atoms with van der Waals surface area (Å²) >= 11 is 4.02. The van der Waals surface area contributed by atoms with E-state index in [0.717, 1.165) is 0 Å². The van der Waals surface area contributed by atoms with Crippen LogP contribution < -0.4 is 5.73 Å². The summed E-state index contributed by atoms with van der Waals surface area (Å²) in [6.07, 6.45) is 0. The molecule has 0 aromatic heterocycles. The van der Waals surface area contributed by atoms with Crippen molar-refractivity contribution in [2.24, 2.45) is 0 Å². The van der Waals surface area contributed by atoms with Crippen LogP contribution in [0, 0.1) is 12.7 Å². The highest BCUT2D eigenvalue weighted by Crippen LogP contribution is 2.19. The summed E-state index contributed by atoms with van der Waals surface area (Å²) in [5.74, 6) is -0.282. The Balaban J connectivity index is 3.28. The zero-order valence-electron chi connectivity index (χ0n) is 5.56.